The summed E-state index contributed by atoms with van der Waals surface area (Å²) in [5, 5.41) is 5.28. The monoisotopic (exact) mass is 467 g/mol. The largest absolute Gasteiger partial charge is 0.458 e. The minimum absolute atomic E-state index is 0.00677. The molecule has 0 radical (unpaired) electrons. The van der Waals surface area contributed by atoms with Gasteiger partial charge >= 0.3 is 5.97 Å². The van der Waals surface area contributed by atoms with Crippen molar-refractivity contribution >= 4 is 52.3 Å². The van der Waals surface area contributed by atoms with Gasteiger partial charge < -0.3 is 10.1 Å². The number of anilines is 2. The molecule has 1 aliphatic rings. The summed E-state index contributed by atoms with van der Waals surface area (Å²) in [5.74, 6) is -0.491. The van der Waals surface area contributed by atoms with Crippen LogP contribution in [-0.2, 0) is 32.1 Å². The van der Waals surface area contributed by atoms with Crippen molar-refractivity contribution < 1.29 is 19.1 Å². The second-order valence-corrected chi connectivity index (χ2v) is 9.13. The number of thiazole rings is 1. The Morgan fingerprint density at radius 3 is 2.78 bits per heavy atom. The lowest BCUT2D eigenvalue weighted by Crippen LogP contribution is -2.39. The van der Waals surface area contributed by atoms with Crippen molar-refractivity contribution in [1.29, 1.82) is 0 Å². The van der Waals surface area contributed by atoms with Crippen LogP contribution in [0.3, 0.4) is 0 Å². The first-order valence-corrected chi connectivity index (χ1v) is 11.8. The molecular formula is C23H21N3O4S2. The van der Waals surface area contributed by atoms with Crippen LogP contribution in [-0.4, -0.2) is 35.1 Å². The summed E-state index contributed by atoms with van der Waals surface area (Å²) < 4.78 is 5.33. The molecule has 164 valence electrons. The lowest BCUT2D eigenvalue weighted by molar-refractivity contribution is -0.144. The van der Waals surface area contributed by atoms with E-state index in [2.05, 4.69) is 10.3 Å². The number of carbonyl (C=O) groups excluding carboxylic acids is 3. The number of fused-ring (bicyclic) bond motifs is 1. The van der Waals surface area contributed by atoms with E-state index in [9.17, 15) is 14.4 Å². The van der Waals surface area contributed by atoms with E-state index in [1.165, 1.54) is 28.0 Å². The Morgan fingerprint density at radius 2 is 1.94 bits per heavy atom. The van der Waals surface area contributed by atoms with E-state index >= 15 is 0 Å². The van der Waals surface area contributed by atoms with Crippen LogP contribution in [0.5, 0.6) is 0 Å². The van der Waals surface area contributed by atoms with Gasteiger partial charge in [0.1, 0.15) is 18.2 Å². The molecule has 1 N–H and O–H groups in total. The van der Waals surface area contributed by atoms with Crippen LogP contribution < -0.4 is 10.2 Å². The Morgan fingerprint density at radius 1 is 1.16 bits per heavy atom. The minimum atomic E-state index is -0.508. The Kier molecular flexibility index (Phi) is 6.87. The molecule has 2 amide bonds. The van der Waals surface area contributed by atoms with Crippen molar-refractivity contribution in [2.75, 3.05) is 22.5 Å². The Hall–Kier alpha value is -3.17. The van der Waals surface area contributed by atoms with Crippen molar-refractivity contribution in [3.05, 3.63) is 70.2 Å². The van der Waals surface area contributed by atoms with Crippen LogP contribution in [0.1, 0.15) is 16.3 Å². The molecule has 1 aromatic heterocycles. The molecule has 2 aromatic carbocycles. The first kappa shape index (κ1) is 22.0. The zero-order chi connectivity index (χ0) is 22.5. The topological polar surface area (TPSA) is 88.6 Å². The van der Waals surface area contributed by atoms with Crippen LogP contribution in [0.2, 0.25) is 0 Å². The fourth-order valence-corrected chi connectivity index (χ4v) is 4.91. The molecule has 0 saturated heterocycles. The van der Waals surface area contributed by atoms with Crippen LogP contribution in [0.25, 0.3) is 0 Å². The second kappa shape index (κ2) is 9.97. The highest BCUT2D eigenvalue weighted by Crippen LogP contribution is 2.34. The van der Waals surface area contributed by atoms with Gasteiger partial charge in [0.2, 0.25) is 11.8 Å². The molecule has 0 atom stereocenters. The summed E-state index contributed by atoms with van der Waals surface area (Å²) in [6.45, 7) is 1.78. The van der Waals surface area contributed by atoms with Gasteiger partial charge in [-0.15, -0.1) is 23.1 Å². The van der Waals surface area contributed by atoms with Crippen molar-refractivity contribution in [3.63, 3.8) is 0 Å². The molecule has 0 aliphatic carbocycles. The lowest BCUT2D eigenvalue weighted by Gasteiger charge is -2.27. The summed E-state index contributed by atoms with van der Waals surface area (Å²) in [6.07, 6.45) is 0.143. The summed E-state index contributed by atoms with van der Waals surface area (Å²) in [6, 6.07) is 15.1. The number of para-hydroxylation sites is 2. The van der Waals surface area contributed by atoms with Gasteiger partial charge in [-0.1, -0.05) is 30.3 Å². The third-order valence-electron chi connectivity index (χ3n) is 4.81. The standard InChI is InChI=1S/C23H21N3O4S2/c1-15-6-2-3-7-17(15)25-20(27)10-21-24-16(13-32-21)12-30-23(29)11-26-18-8-4-5-9-19(18)31-14-22(26)28/h2-9,13H,10-12,14H2,1H3,(H,25,27). The number of benzene rings is 2. The van der Waals surface area contributed by atoms with Gasteiger partial charge in [0.25, 0.3) is 0 Å². The predicted octanol–water partition coefficient (Wildman–Crippen LogP) is 3.81. The Balaban J connectivity index is 1.29. The zero-order valence-corrected chi connectivity index (χ0v) is 19.0. The van der Waals surface area contributed by atoms with Crippen molar-refractivity contribution in [2.45, 2.75) is 24.8 Å². The maximum Gasteiger partial charge on any atom is 0.326 e. The van der Waals surface area contributed by atoms with Gasteiger partial charge in [0, 0.05) is 16.0 Å². The summed E-state index contributed by atoms with van der Waals surface area (Å²) in [5.41, 5.74) is 3.06. The maximum absolute atomic E-state index is 12.3. The second-order valence-electron chi connectivity index (χ2n) is 7.17. The zero-order valence-electron chi connectivity index (χ0n) is 17.4. The number of hydrogen-bond acceptors (Lipinski definition) is 7. The molecule has 2 heterocycles. The highest BCUT2D eigenvalue weighted by molar-refractivity contribution is 8.00. The number of carbonyl (C=O) groups is 3. The van der Waals surface area contributed by atoms with Crippen LogP contribution in [0.15, 0.2) is 58.8 Å². The molecule has 0 bridgehead atoms. The van der Waals surface area contributed by atoms with Crippen LogP contribution in [0, 0.1) is 6.92 Å². The van der Waals surface area contributed by atoms with Crippen molar-refractivity contribution in [1.82, 2.24) is 4.98 Å². The van der Waals surface area contributed by atoms with E-state index in [1.807, 2.05) is 55.5 Å². The molecule has 32 heavy (non-hydrogen) atoms. The molecule has 4 rings (SSSR count). The first-order valence-electron chi connectivity index (χ1n) is 9.96. The van der Waals surface area contributed by atoms with Gasteiger partial charge in [-0.3, -0.25) is 19.3 Å². The van der Waals surface area contributed by atoms with Gasteiger partial charge in [0.15, 0.2) is 0 Å². The van der Waals surface area contributed by atoms with Crippen LogP contribution in [0.4, 0.5) is 11.4 Å². The number of ether oxygens (including phenoxy) is 1. The number of hydrogen-bond donors (Lipinski definition) is 1. The molecule has 0 spiro atoms. The highest BCUT2D eigenvalue weighted by atomic mass is 32.2. The van der Waals surface area contributed by atoms with E-state index in [0.717, 1.165) is 21.8 Å². The lowest BCUT2D eigenvalue weighted by atomic mass is 10.2. The number of nitrogens with one attached hydrogen (secondary N) is 1. The van der Waals surface area contributed by atoms with Gasteiger partial charge in [-0.05, 0) is 30.7 Å². The number of thioether (sulfide) groups is 1. The number of aromatic nitrogens is 1. The number of esters is 1. The highest BCUT2D eigenvalue weighted by Gasteiger charge is 2.26. The number of amides is 2. The SMILES string of the molecule is Cc1ccccc1NC(=O)Cc1nc(COC(=O)CN2C(=O)CSc3ccccc32)cs1. The molecular weight excluding hydrogens is 446 g/mol. The first-order chi connectivity index (χ1) is 15.5. The van der Waals surface area contributed by atoms with E-state index in [0.29, 0.717) is 16.5 Å². The third kappa shape index (κ3) is 5.35. The van der Waals surface area contributed by atoms with E-state index in [4.69, 9.17) is 4.74 Å². The van der Waals surface area contributed by atoms with E-state index < -0.39 is 5.97 Å². The normalized spacial score (nSPS) is 12.9. The summed E-state index contributed by atoms with van der Waals surface area (Å²) in [7, 11) is 0. The number of nitrogens with zero attached hydrogens (tertiary/aromatic N) is 2. The predicted molar refractivity (Wildman–Crippen MR) is 125 cm³/mol. The average Bonchev–Trinajstić information content (AvgIpc) is 3.23. The van der Waals surface area contributed by atoms with Gasteiger partial charge in [0.05, 0.1) is 23.6 Å². The summed E-state index contributed by atoms with van der Waals surface area (Å²) in [4.78, 5) is 43.7. The third-order valence-corrected chi connectivity index (χ3v) is 6.75. The van der Waals surface area contributed by atoms with Crippen molar-refractivity contribution in [2.24, 2.45) is 0 Å². The van der Waals surface area contributed by atoms with E-state index in [-0.39, 0.29) is 31.4 Å². The van der Waals surface area contributed by atoms with Gasteiger partial charge in [-0.25, -0.2) is 4.98 Å². The molecule has 7 nitrogen and oxygen atoms in total. The molecule has 0 unspecified atom stereocenters. The van der Waals surface area contributed by atoms with E-state index in [1.54, 1.807) is 5.38 Å². The minimum Gasteiger partial charge on any atom is -0.458 e. The molecule has 9 heteroatoms. The van der Waals surface area contributed by atoms with Gasteiger partial charge in [-0.2, -0.15) is 0 Å². The number of aryl methyl sites for hydroxylation is 1. The fraction of sp³-hybridized carbons (Fsp3) is 0.217. The Bertz CT molecular complexity index is 1160. The molecule has 0 saturated carbocycles. The maximum atomic E-state index is 12.3. The Labute approximate surface area is 193 Å². The quantitative estimate of drug-likeness (QED) is 0.532. The molecule has 1 aliphatic heterocycles. The smallest absolute Gasteiger partial charge is 0.326 e. The van der Waals surface area contributed by atoms with Crippen LogP contribution >= 0.6 is 23.1 Å². The molecule has 0 fully saturated rings. The summed E-state index contributed by atoms with van der Waals surface area (Å²) >= 11 is 2.80. The van der Waals surface area contributed by atoms with Crippen molar-refractivity contribution in [3.8, 4) is 0 Å². The number of rotatable bonds is 7. The fourth-order valence-electron chi connectivity index (χ4n) is 3.20. The average molecular weight is 468 g/mol. The molecule has 3 aromatic rings.